The summed E-state index contributed by atoms with van der Waals surface area (Å²) in [5.74, 6) is 0.949. The van der Waals surface area contributed by atoms with Crippen LogP contribution in [0.15, 0.2) is 54.9 Å². The number of aromatic nitrogens is 2. The highest BCUT2D eigenvalue weighted by atomic mass is 16.5. The van der Waals surface area contributed by atoms with E-state index in [1.54, 1.807) is 24.3 Å². The van der Waals surface area contributed by atoms with E-state index in [1.165, 1.54) is 11.9 Å². The van der Waals surface area contributed by atoms with Gasteiger partial charge in [0.25, 0.3) is 0 Å². The molecule has 0 radical (unpaired) electrons. The fraction of sp³-hybridized carbons (Fsp3) is 0.227. The summed E-state index contributed by atoms with van der Waals surface area (Å²) in [5, 5.41) is 6.35. The molecular weight excluding hydrogens is 366 g/mol. The fourth-order valence-electron chi connectivity index (χ4n) is 2.52. The van der Waals surface area contributed by atoms with Crippen molar-refractivity contribution in [3.05, 3.63) is 66.0 Å². The predicted octanol–water partition coefficient (Wildman–Crippen LogP) is 4.67. The number of hydrogen-bond acceptors (Lipinski definition) is 7. The topological polar surface area (TPSA) is 102 Å². The summed E-state index contributed by atoms with van der Waals surface area (Å²) >= 11 is 0. The van der Waals surface area contributed by atoms with Crippen LogP contribution in [0.2, 0.25) is 0 Å². The van der Waals surface area contributed by atoms with Crippen molar-refractivity contribution in [2.45, 2.75) is 20.8 Å². The first-order chi connectivity index (χ1) is 13.9. The van der Waals surface area contributed by atoms with E-state index in [0.717, 1.165) is 11.4 Å². The Kier molecular flexibility index (Phi) is 6.29. The largest absolute Gasteiger partial charge is 0.462 e. The summed E-state index contributed by atoms with van der Waals surface area (Å²) in [4.78, 5) is 20.5. The molecule has 0 saturated heterocycles. The van der Waals surface area contributed by atoms with Gasteiger partial charge in [-0.3, -0.25) is 0 Å². The number of rotatable bonds is 7. The summed E-state index contributed by atoms with van der Waals surface area (Å²) < 4.78 is 5.24. The molecule has 1 heterocycles. The molecule has 0 atom stereocenters. The second-order valence-electron chi connectivity index (χ2n) is 7.17. The highest BCUT2D eigenvalue weighted by Crippen LogP contribution is 2.28. The van der Waals surface area contributed by atoms with Crippen LogP contribution in [-0.4, -0.2) is 22.5 Å². The second-order valence-corrected chi connectivity index (χ2v) is 7.17. The van der Waals surface area contributed by atoms with Gasteiger partial charge < -0.3 is 21.1 Å². The van der Waals surface area contributed by atoms with Crippen molar-refractivity contribution in [2.75, 3.05) is 23.0 Å². The molecule has 2 aromatic carbocycles. The highest BCUT2D eigenvalue weighted by Gasteiger charge is 2.11. The molecule has 0 amide bonds. The van der Waals surface area contributed by atoms with Crippen molar-refractivity contribution in [1.82, 2.24) is 9.97 Å². The molecule has 0 unspecified atom stereocenters. The van der Waals surface area contributed by atoms with Crippen molar-refractivity contribution in [2.24, 2.45) is 5.92 Å². The lowest BCUT2D eigenvalue weighted by Gasteiger charge is -2.13. The number of ether oxygens (including phenoxy) is 1. The van der Waals surface area contributed by atoms with Gasteiger partial charge in [0.2, 0.25) is 0 Å². The number of benzene rings is 2. The Morgan fingerprint density at radius 1 is 0.966 bits per heavy atom. The van der Waals surface area contributed by atoms with Gasteiger partial charge >= 0.3 is 5.97 Å². The number of nitrogens with two attached hydrogens (primary N) is 1. The smallest absolute Gasteiger partial charge is 0.338 e. The van der Waals surface area contributed by atoms with Crippen LogP contribution in [0.25, 0.3) is 0 Å². The monoisotopic (exact) mass is 391 g/mol. The first-order valence-corrected chi connectivity index (χ1v) is 9.40. The minimum absolute atomic E-state index is 0.295. The number of anilines is 5. The van der Waals surface area contributed by atoms with E-state index in [4.69, 9.17) is 10.5 Å². The third-order valence-electron chi connectivity index (χ3n) is 4.13. The van der Waals surface area contributed by atoms with Gasteiger partial charge in [0.05, 0.1) is 12.2 Å². The van der Waals surface area contributed by atoms with Crippen molar-refractivity contribution in [3.63, 3.8) is 0 Å². The molecule has 29 heavy (non-hydrogen) atoms. The van der Waals surface area contributed by atoms with Crippen LogP contribution in [0.1, 0.15) is 29.8 Å². The number of aryl methyl sites for hydroxylation is 1. The maximum absolute atomic E-state index is 12.0. The minimum atomic E-state index is -0.337. The summed E-state index contributed by atoms with van der Waals surface area (Å²) in [6.45, 7) is 6.41. The lowest BCUT2D eigenvalue weighted by molar-refractivity contribution is 0.0459. The van der Waals surface area contributed by atoms with E-state index in [1.807, 2.05) is 45.0 Å². The number of esters is 1. The Bertz CT molecular complexity index is 969. The van der Waals surface area contributed by atoms with Crippen LogP contribution >= 0.6 is 0 Å². The molecule has 3 rings (SSSR count). The van der Waals surface area contributed by atoms with Crippen LogP contribution in [0.5, 0.6) is 0 Å². The van der Waals surface area contributed by atoms with Gasteiger partial charge in [-0.25, -0.2) is 14.8 Å². The van der Waals surface area contributed by atoms with Gasteiger partial charge in [0, 0.05) is 11.4 Å². The van der Waals surface area contributed by atoms with Crippen molar-refractivity contribution in [3.8, 4) is 0 Å². The van der Waals surface area contributed by atoms with Crippen molar-refractivity contribution in [1.29, 1.82) is 0 Å². The second kappa shape index (κ2) is 9.05. The highest BCUT2D eigenvalue weighted by molar-refractivity contribution is 5.90. The maximum Gasteiger partial charge on any atom is 0.338 e. The van der Waals surface area contributed by atoms with Crippen molar-refractivity contribution < 1.29 is 9.53 Å². The summed E-state index contributed by atoms with van der Waals surface area (Å²) in [6.07, 6.45) is 1.44. The van der Waals surface area contributed by atoms with Crippen molar-refractivity contribution >= 4 is 34.7 Å². The summed E-state index contributed by atoms with van der Waals surface area (Å²) in [5.41, 5.74) is 9.93. The van der Waals surface area contributed by atoms with Gasteiger partial charge in [-0.05, 0) is 49.2 Å². The normalized spacial score (nSPS) is 10.6. The maximum atomic E-state index is 12.0. The zero-order valence-corrected chi connectivity index (χ0v) is 16.8. The molecule has 0 aliphatic heterocycles. The van der Waals surface area contributed by atoms with E-state index in [0.29, 0.717) is 35.4 Å². The van der Waals surface area contributed by atoms with Gasteiger partial charge in [-0.15, -0.1) is 0 Å². The van der Waals surface area contributed by atoms with E-state index >= 15 is 0 Å². The number of hydrogen-bond donors (Lipinski definition) is 3. The Hall–Kier alpha value is -3.61. The van der Waals surface area contributed by atoms with Crippen LogP contribution in [-0.2, 0) is 4.74 Å². The molecule has 150 valence electrons. The molecule has 0 fully saturated rings. The van der Waals surface area contributed by atoms with Gasteiger partial charge in [0.15, 0.2) is 11.6 Å². The molecule has 0 saturated carbocycles. The number of carbonyl (C=O) groups is 1. The quantitative estimate of drug-likeness (QED) is 0.503. The van der Waals surface area contributed by atoms with Crippen LogP contribution in [0, 0.1) is 12.8 Å². The third kappa shape index (κ3) is 5.44. The third-order valence-corrected chi connectivity index (χ3v) is 4.13. The van der Waals surface area contributed by atoms with Crippen LogP contribution < -0.4 is 16.4 Å². The fourth-order valence-corrected chi connectivity index (χ4v) is 2.52. The predicted molar refractivity (Wildman–Crippen MR) is 116 cm³/mol. The molecule has 4 N–H and O–H groups in total. The number of nitrogen functional groups attached to an aromatic ring is 1. The molecule has 0 spiro atoms. The van der Waals surface area contributed by atoms with Crippen LogP contribution in [0.4, 0.5) is 28.7 Å². The molecule has 3 aromatic rings. The number of nitrogens with one attached hydrogen (secondary N) is 2. The van der Waals surface area contributed by atoms with Gasteiger partial charge in [-0.1, -0.05) is 31.5 Å². The first-order valence-electron chi connectivity index (χ1n) is 9.40. The summed E-state index contributed by atoms with van der Waals surface area (Å²) in [6, 6.07) is 14.9. The van der Waals surface area contributed by atoms with E-state index in [2.05, 4.69) is 20.6 Å². The number of nitrogens with zero attached hydrogens (tertiary/aromatic N) is 2. The molecular formula is C22H25N5O2. The molecule has 0 bridgehead atoms. The Morgan fingerprint density at radius 3 is 2.00 bits per heavy atom. The van der Waals surface area contributed by atoms with E-state index in [-0.39, 0.29) is 5.97 Å². The molecule has 0 aliphatic carbocycles. The first kappa shape index (κ1) is 20.1. The van der Waals surface area contributed by atoms with E-state index < -0.39 is 0 Å². The van der Waals surface area contributed by atoms with Gasteiger partial charge in [0.1, 0.15) is 12.0 Å². The Balaban J connectivity index is 1.70. The average molecular weight is 391 g/mol. The Morgan fingerprint density at radius 2 is 1.48 bits per heavy atom. The molecule has 0 aliphatic rings. The van der Waals surface area contributed by atoms with Gasteiger partial charge in [-0.2, -0.15) is 0 Å². The average Bonchev–Trinajstić information content (AvgIpc) is 2.71. The van der Waals surface area contributed by atoms with E-state index in [9.17, 15) is 4.79 Å². The Labute approximate surface area is 170 Å². The molecule has 1 aromatic heterocycles. The zero-order chi connectivity index (χ0) is 20.8. The minimum Gasteiger partial charge on any atom is -0.462 e. The zero-order valence-electron chi connectivity index (χ0n) is 16.8. The SMILES string of the molecule is Cc1ccc(Nc2ncnc(Nc3ccc(C(=O)OCC(C)C)cc3)c2N)cc1. The lowest BCUT2D eigenvalue weighted by Crippen LogP contribution is -2.10. The van der Waals surface area contributed by atoms with Crippen LogP contribution in [0.3, 0.4) is 0 Å². The standard InChI is InChI=1S/C22H25N5O2/c1-14(2)12-29-22(28)16-6-10-18(11-7-16)27-21-19(23)20(24-13-25-21)26-17-8-4-15(3)5-9-17/h4-11,13-14H,12,23H2,1-3H3,(H2,24,25,26,27). The number of carbonyl (C=O) groups excluding carboxylic acids is 1. The molecule has 7 heteroatoms. The molecule has 7 nitrogen and oxygen atoms in total. The summed E-state index contributed by atoms with van der Waals surface area (Å²) in [7, 11) is 0. The lowest BCUT2D eigenvalue weighted by atomic mass is 10.2.